The number of nitrogens with one attached hydrogen (secondary N) is 2. The summed E-state index contributed by atoms with van der Waals surface area (Å²) in [5, 5.41) is 19.9. The van der Waals surface area contributed by atoms with E-state index in [4.69, 9.17) is 0 Å². The van der Waals surface area contributed by atoms with E-state index in [2.05, 4.69) is 46.4 Å². The fourth-order valence-corrected chi connectivity index (χ4v) is 6.70. The lowest BCUT2D eigenvalue weighted by molar-refractivity contribution is -0.140. The molecule has 0 aromatic heterocycles. The molecule has 2 aromatic carbocycles. The molecule has 2 heterocycles. The molecule has 2 aromatic rings. The summed E-state index contributed by atoms with van der Waals surface area (Å²) >= 11 is 0. The molecule has 2 aliphatic rings. The van der Waals surface area contributed by atoms with Crippen LogP contribution < -0.4 is 10.6 Å². The standard InChI is InChI=1S/C34H53N5O3/c1-23(2)29(38(7)33(42)30(34(3,4)5)36-31(40)27-15-10-11-19-37(27)6)22-39-20-12-16-28(39)32(41)35-26-18-17-24-13-8-9-14-25(24)21-26/h8-9,13-14,17-18,21,23,27-31,36,40H,10-12,15-16,19-20,22H2,1-7H3,(H,35,41)/t27?,28?,29-,30-,31-/m1/s1. The minimum atomic E-state index is -0.781. The van der Waals surface area contributed by atoms with Crippen LogP contribution >= 0.6 is 0 Å². The number of hydrogen-bond donors (Lipinski definition) is 3. The van der Waals surface area contributed by atoms with E-state index >= 15 is 0 Å². The van der Waals surface area contributed by atoms with Gasteiger partial charge in [-0.05, 0) is 80.1 Å². The second-order valence-electron chi connectivity index (χ2n) is 13.9. The predicted octanol–water partition coefficient (Wildman–Crippen LogP) is 4.53. The summed E-state index contributed by atoms with van der Waals surface area (Å²) in [6, 6.07) is 13.3. The lowest BCUT2D eigenvalue weighted by atomic mass is 9.84. The number of fused-ring (bicyclic) bond motifs is 1. The van der Waals surface area contributed by atoms with Crippen LogP contribution in [0.2, 0.25) is 0 Å². The summed E-state index contributed by atoms with van der Waals surface area (Å²) in [5.74, 6) is 0.182. The van der Waals surface area contributed by atoms with E-state index in [0.29, 0.717) is 6.54 Å². The van der Waals surface area contributed by atoms with Gasteiger partial charge in [0.25, 0.3) is 0 Å². The molecule has 232 valence electrons. The largest absolute Gasteiger partial charge is 0.377 e. The molecule has 2 amide bonds. The second kappa shape index (κ2) is 13.8. The lowest BCUT2D eigenvalue weighted by Gasteiger charge is -2.43. The third kappa shape index (κ3) is 7.70. The highest BCUT2D eigenvalue weighted by Crippen LogP contribution is 2.27. The number of rotatable bonds is 10. The Morgan fingerprint density at radius 3 is 2.40 bits per heavy atom. The molecule has 2 unspecified atom stereocenters. The summed E-state index contributed by atoms with van der Waals surface area (Å²) in [6.45, 7) is 12.8. The minimum absolute atomic E-state index is 0.00549. The molecule has 5 atom stereocenters. The first-order valence-electron chi connectivity index (χ1n) is 15.8. The van der Waals surface area contributed by atoms with Gasteiger partial charge in [0.15, 0.2) is 0 Å². The van der Waals surface area contributed by atoms with Gasteiger partial charge in [-0.1, -0.05) is 71.4 Å². The van der Waals surface area contributed by atoms with Gasteiger partial charge in [-0.25, -0.2) is 0 Å². The zero-order valence-corrected chi connectivity index (χ0v) is 26.8. The highest BCUT2D eigenvalue weighted by Gasteiger charge is 2.41. The van der Waals surface area contributed by atoms with Gasteiger partial charge in [-0.2, -0.15) is 0 Å². The summed E-state index contributed by atoms with van der Waals surface area (Å²) in [6.07, 6.45) is 4.11. The van der Waals surface area contributed by atoms with Gasteiger partial charge in [-0.15, -0.1) is 0 Å². The molecule has 0 radical (unpaired) electrons. The maximum absolute atomic E-state index is 14.1. The van der Waals surface area contributed by atoms with E-state index in [-0.39, 0.29) is 35.9 Å². The number of nitrogens with zero attached hydrogens (tertiary/aromatic N) is 3. The quantitative estimate of drug-likeness (QED) is 0.359. The third-order valence-corrected chi connectivity index (χ3v) is 9.36. The first-order valence-corrected chi connectivity index (χ1v) is 15.8. The Labute approximate surface area is 252 Å². The monoisotopic (exact) mass is 579 g/mol. The number of likely N-dealkylation sites (tertiary alicyclic amines) is 2. The Morgan fingerprint density at radius 2 is 1.74 bits per heavy atom. The molecular formula is C34H53N5O3. The van der Waals surface area contributed by atoms with Gasteiger partial charge in [0.05, 0.1) is 12.1 Å². The maximum atomic E-state index is 14.1. The van der Waals surface area contributed by atoms with Crippen molar-refractivity contribution in [3.8, 4) is 0 Å². The average Bonchev–Trinajstić information content (AvgIpc) is 3.42. The van der Waals surface area contributed by atoms with Crippen molar-refractivity contribution in [1.82, 2.24) is 20.0 Å². The van der Waals surface area contributed by atoms with Crippen molar-refractivity contribution in [2.75, 3.05) is 39.0 Å². The van der Waals surface area contributed by atoms with Gasteiger partial charge in [0, 0.05) is 31.4 Å². The van der Waals surface area contributed by atoms with Gasteiger partial charge in [0.1, 0.15) is 6.23 Å². The van der Waals surface area contributed by atoms with Crippen LogP contribution in [0.15, 0.2) is 42.5 Å². The number of hydrogen-bond acceptors (Lipinski definition) is 6. The lowest BCUT2D eigenvalue weighted by Crippen LogP contribution is -2.62. The number of likely N-dealkylation sites (N-methyl/N-ethyl adjacent to an activating group) is 2. The molecule has 2 fully saturated rings. The molecule has 42 heavy (non-hydrogen) atoms. The molecule has 2 aliphatic heterocycles. The number of carbonyl (C=O) groups is 2. The van der Waals surface area contributed by atoms with Crippen LogP contribution in [0, 0.1) is 11.3 Å². The van der Waals surface area contributed by atoms with E-state index < -0.39 is 17.7 Å². The molecule has 3 N–H and O–H groups in total. The van der Waals surface area contributed by atoms with Gasteiger partial charge < -0.3 is 15.3 Å². The Hall–Kier alpha value is -2.52. The summed E-state index contributed by atoms with van der Waals surface area (Å²) < 4.78 is 0. The van der Waals surface area contributed by atoms with E-state index in [0.717, 1.165) is 61.7 Å². The van der Waals surface area contributed by atoms with Crippen molar-refractivity contribution in [1.29, 1.82) is 0 Å². The first-order chi connectivity index (χ1) is 19.9. The highest BCUT2D eigenvalue weighted by atomic mass is 16.3. The van der Waals surface area contributed by atoms with Crippen LogP contribution in [0.1, 0.15) is 66.7 Å². The fourth-order valence-electron chi connectivity index (χ4n) is 6.70. The van der Waals surface area contributed by atoms with Crippen LogP contribution in [-0.2, 0) is 9.59 Å². The third-order valence-electron chi connectivity index (χ3n) is 9.36. The van der Waals surface area contributed by atoms with Gasteiger partial charge in [-0.3, -0.25) is 24.7 Å². The van der Waals surface area contributed by atoms with E-state index in [1.807, 2.05) is 70.1 Å². The number of amides is 2. The predicted molar refractivity (Wildman–Crippen MR) is 171 cm³/mol. The molecule has 8 heteroatoms. The van der Waals surface area contributed by atoms with Crippen molar-refractivity contribution in [3.05, 3.63) is 42.5 Å². The van der Waals surface area contributed by atoms with Crippen LogP contribution in [0.25, 0.3) is 10.8 Å². The smallest absolute Gasteiger partial charge is 0.241 e. The Balaban J connectivity index is 1.44. The molecule has 0 saturated carbocycles. The van der Waals surface area contributed by atoms with Crippen molar-refractivity contribution in [2.45, 2.75) is 97.1 Å². The number of benzene rings is 2. The number of carbonyl (C=O) groups excluding carboxylic acids is 2. The highest BCUT2D eigenvalue weighted by molar-refractivity contribution is 5.97. The minimum Gasteiger partial charge on any atom is -0.377 e. The second-order valence-corrected chi connectivity index (χ2v) is 13.9. The van der Waals surface area contributed by atoms with Crippen molar-refractivity contribution in [3.63, 3.8) is 0 Å². The van der Waals surface area contributed by atoms with E-state index in [1.54, 1.807) is 0 Å². The summed E-state index contributed by atoms with van der Waals surface area (Å²) in [7, 11) is 3.93. The van der Waals surface area contributed by atoms with Crippen LogP contribution in [0.4, 0.5) is 5.69 Å². The van der Waals surface area contributed by atoms with E-state index in [9.17, 15) is 14.7 Å². The van der Waals surface area contributed by atoms with E-state index in [1.165, 1.54) is 0 Å². The van der Waals surface area contributed by atoms with Crippen molar-refractivity contribution < 1.29 is 14.7 Å². The molecule has 2 saturated heterocycles. The van der Waals surface area contributed by atoms with Crippen LogP contribution in [-0.4, -0.2) is 95.7 Å². The molecule has 4 rings (SSSR count). The average molecular weight is 580 g/mol. The van der Waals surface area contributed by atoms with Gasteiger partial charge >= 0.3 is 0 Å². The summed E-state index contributed by atoms with van der Waals surface area (Å²) in [5.41, 5.74) is 0.413. The molecule has 0 bridgehead atoms. The molecular weight excluding hydrogens is 526 g/mol. The number of anilines is 1. The number of aliphatic hydroxyl groups excluding tert-OH is 1. The molecule has 0 spiro atoms. The van der Waals surface area contributed by atoms with Crippen molar-refractivity contribution >= 4 is 28.3 Å². The fraction of sp³-hybridized carbons (Fsp3) is 0.647. The Morgan fingerprint density at radius 1 is 1.02 bits per heavy atom. The number of piperidine rings is 1. The van der Waals surface area contributed by atoms with Crippen molar-refractivity contribution in [2.24, 2.45) is 11.3 Å². The molecule has 8 nitrogen and oxygen atoms in total. The van der Waals surface area contributed by atoms with Gasteiger partial charge in [0.2, 0.25) is 11.8 Å². The zero-order valence-electron chi connectivity index (χ0n) is 26.8. The zero-order chi connectivity index (χ0) is 30.6. The normalized spacial score (nSPS) is 22.7. The van der Waals surface area contributed by atoms with Crippen LogP contribution in [0.5, 0.6) is 0 Å². The number of aliphatic hydroxyl groups is 1. The maximum Gasteiger partial charge on any atom is 0.241 e. The summed E-state index contributed by atoms with van der Waals surface area (Å²) in [4.78, 5) is 33.9. The topological polar surface area (TPSA) is 88.2 Å². The molecule has 0 aliphatic carbocycles. The Kier molecular flexibility index (Phi) is 10.7. The first kappa shape index (κ1) is 32.4. The Bertz CT molecular complexity index is 1210. The SMILES string of the molecule is CC(C)[C@@H](CN1CCCC1C(=O)Nc1ccc2ccccc2c1)N(C)C(=O)[C@@H](N[C@H](O)C1CCCCN1C)C(C)(C)C. The van der Waals surface area contributed by atoms with Crippen LogP contribution in [0.3, 0.4) is 0 Å².